The predicted molar refractivity (Wildman–Crippen MR) is 71.3 cm³/mol. The van der Waals surface area contributed by atoms with Gasteiger partial charge in [-0.3, -0.25) is 4.79 Å². The number of Topliss-reactive ketones (excluding diaryl/α,β-unsaturated/α-hetero) is 1. The second-order valence-corrected chi connectivity index (χ2v) is 4.82. The molecular formula is C16H12O4. The van der Waals surface area contributed by atoms with Crippen LogP contribution in [0.15, 0.2) is 42.5 Å². The Morgan fingerprint density at radius 2 is 1.80 bits per heavy atom. The van der Waals surface area contributed by atoms with Gasteiger partial charge in [-0.25, -0.2) is 0 Å². The van der Waals surface area contributed by atoms with E-state index >= 15 is 0 Å². The highest BCUT2D eigenvalue weighted by Gasteiger charge is 2.33. The summed E-state index contributed by atoms with van der Waals surface area (Å²) in [5.41, 5.74) is 1.56. The van der Waals surface area contributed by atoms with Crippen molar-refractivity contribution < 1.29 is 19.0 Å². The van der Waals surface area contributed by atoms with Gasteiger partial charge in [-0.05, 0) is 17.7 Å². The lowest BCUT2D eigenvalue weighted by Gasteiger charge is -2.26. The van der Waals surface area contributed by atoms with Crippen molar-refractivity contribution in [3.05, 3.63) is 53.6 Å². The smallest absolute Gasteiger partial charge is 0.231 e. The molecule has 4 rings (SSSR count). The van der Waals surface area contributed by atoms with Crippen LogP contribution in [0.1, 0.15) is 28.4 Å². The summed E-state index contributed by atoms with van der Waals surface area (Å²) in [5.74, 6) is 1.74. The molecule has 4 heteroatoms. The first-order valence-corrected chi connectivity index (χ1v) is 6.50. The Hall–Kier alpha value is -2.49. The predicted octanol–water partition coefficient (Wildman–Crippen LogP) is 3.12. The van der Waals surface area contributed by atoms with Crippen molar-refractivity contribution in [1.82, 2.24) is 0 Å². The highest BCUT2D eigenvalue weighted by molar-refractivity contribution is 6.01. The maximum Gasteiger partial charge on any atom is 0.231 e. The van der Waals surface area contributed by atoms with Gasteiger partial charge in [0.15, 0.2) is 17.3 Å². The van der Waals surface area contributed by atoms with Gasteiger partial charge in [0, 0.05) is 0 Å². The van der Waals surface area contributed by atoms with Crippen molar-refractivity contribution in [3.8, 4) is 17.2 Å². The average molecular weight is 268 g/mol. The Balaban J connectivity index is 1.78. The van der Waals surface area contributed by atoms with Crippen LogP contribution in [0.5, 0.6) is 17.2 Å². The number of carbonyl (C=O) groups is 1. The fourth-order valence-electron chi connectivity index (χ4n) is 2.60. The van der Waals surface area contributed by atoms with Gasteiger partial charge >= 0.3 is 0 Å². The second-order valence-electron chi connectivity index (χ2n) is 4.82. The molecule has 100 valence electrons. The first-order valence-electron chi connectivity index (χ1n) is 6.50. The Morgan fingerprint density at radius 3 is 2.65 bits per heavy atom. The summed E-state index contributed by atoms with van der Waals surface area (Å²) < 4.78 is 16.8. The zero-order valence-corrected chi connectivity index (χ0v) is 10.7. The van der Waals surface area contributed by atoms with E-state index in [0.717, 1.165) is 5.56 Å². The lowest BCUT2D eigenvalue weighted by atomic mass is 9.96. The fraction of sp³-hybridized carbons (Fsp3) is 0.188. The molecule has 2 aromatic carbocycles. The molecule has 0 aliphatic carbocycles. The third-order valence-corrected chi connectivity index (χ3v) is 3.60. The SMILES string of the molecule is O=C1CC(c2ccccc2)Oc2c1ccc1c2OCO1. The molecule has 1 atom stereocenters. The number of ether oxygens (including phenoxy) is 3. The van der Waals surface area contributed by atoms with Gasteiger partial charge in [0.1, 0.15) is 6.10 Å². The summed E-state index contributed by atoms with van der Waals surface area (Å²) >= 11 is 0. The number of fused-ring (bicyclic) bond motifs is 3. The van der Waals surface area contributed by atoms with Crippen molar-refractivity contribution in [2.24, 2.45) is 0 Å². The molecule has 0 aromatic heterocycles. The van der Waals surface area contributed by atoms with Crippen LogP contribution in [0.4, 0.5) is 0 Å². The number of carbonyl (C=O) groups excluding carboxylic acids is 1. The maximum absolute atomic E-state index is 12.3. The minimum atomic E-state index is -0.271. The first-order chi connectivity index (χ1) is 9.83. The largest absolute Gasteiger partial charge is 0.480 e. The molecule has 0 N–H and O–H groups in total. The van der Waals surface area contributed by atoms with E-state index in [0.29, 0.717) is 29.2 Å². The summed E-state index contributed by atoms with van der Waals surface area (Å²) in [7, 11) is 0. The minimum Gasteiger partial charge on any atom is -0.480 e. The summed E-state index contributed by atoms with van der Waals surface area (Å²) in [4.78, 5) is 12.3. The van der Waals surface area contributed by atoms with Gasteiger partial charge in [-0.15, -0.1) is 0 Å². The molecule has 4 nitrogen and oxygen atoms in total. The molecule has 0 radical (unpaired) electrons. The van der Waals surface area contributed by atoms with Crippen LogP contribution < -0.4 is 14.2 Å². The highest BCUT2D eigenvalue weighted by Crippen LogP contribution is 2.47. The normalized spacial score (nSPS) is 19.4. The molecule has 0 bridgehead atoms. The van der Waals surface area contributed by atoms with E-state index in [1.165, 1.54) is 0 Å². The quantitative estimate of drug-likeness (QED) is 0.797. The van der Waals surface area contributed by atoms with E-state index < -0.39 is 0 Å². The van der Waals surface area contributed by atoms with Crippen LogP contribution in [-0.4, -0.2) is 12.6 Å². The molecule has 0 saturated heterocycles. The van der Waals surface area contributed by atoms with Crippen LogP contribution >= 0.6 is 0 Å². The highest BCUT2D eigenvalue weighted by atomic mass is 16.7. The van der Waals surface area contributed by atoms with Crippen molar-refractivity contribution in [2.45, 2.75) is 12.5 Å². The fourth-order valence-corrected chi connectivity index (χ4v) is 2.60. The van der Waals surface area contributed by atoms with Crippen molar-refractivity contribution in [3.63, 3.8) is 0 Å². The lowest BCUT2D eigenvalue weighted by Crippen LogP contribution is -2.20. The molecule has 0 spiro atoms. The van der Waals surface area contributed by atoms with Crippen molar-refractivity contribution >= 4 is 5.78 Å². The Bertz CT molecular complexity index is 678. The summed E-state index contributed by atoms with van der Waals surface area (Å²) in [6.07, 6.45) is 0.0725. The molecule has 0 fully saturated rings. The molecule has 1 unspecified atom stereocenters. The summed E-state index contributed by atoms with van der Waals surface area (Å²) in [5, 5.41) is 0. The number of hydrogen-bond acceptors (Lipinski definition) is 4. The Kier molecular flexibility index (Phi) is 2.42. The molecule has 2 heterocycles. The molecule has 20 heavy (non-hydrogen) atoms. The van der Waals surface area contributed by atoms with Gasteiger partial charge < -0.3 is 14.2 Å². The van der Waals surface area contributed by atoms with Crippen LogP contribution in [0.25, 0.3) is 0 Å². The van der Waals surface area contributed by atoms with Crippen molar-refractivity contribution in [1.29, 1.82) is 0 Å². The Morgan fingerprint density at radius 1 is 0.950 bits per heavy atom. The third kappa shape index (κ3) is 1.65. The molecule has 2 aromatic rings. The molecule has 0 amide bonds. The maximum atomic E-state index is 12.3. The number of rotatable bonds is 1. The third-order valence-electron chi connectivity index (χ3n) is 3.60. The number of benzene rings is 2. The van der Waals surface area contributed by atoms with Gasteiger partial charge in [0.05, 0.1) is 12.0 Å². The van der Waals surface area contributed by atoms with E-state index in [9.17, 15) is 4.79 Å². The van der Waals surface area contributed by atoms with Gasteiger partial charge in [0.2, 0.25) is 12.5 Å². The zero-order valence-electron chi connectivity index (χ0n) is 10.7. The molecule has 2 aliphatic rings. The second kappa shape index (κ2) is 4.27. The van der Waals surface area contributed by atoms with E-state index in [1.807, 2.05) is 30.3 Å². The van der Waals surface area contributed by atoms with E-state index in [1.54, 1.807) is 12.1 Å². The van der Waals surface area contributed by atoms with E-state index in [-0.39, 0.29) is 18.7 Å². The van der Waals surface area contributed by atoms with E-state index in [4.69, 9.17) is 14.2 Å². The van der Waals surface area contributed by atoms with E-state index in [2.05, 4.69) is 0 Å². The average Bonchev–Trinajstić information content (AvgIpc) is 2.97. The topological polar surface area (TPSA) is 44.8 Å². The molecule has 2 aliphatic heterocycles. The number of hydrogen-bond donors (Lipinski definition) is 0. The lowest BCUT2D eigenvalue weighted by molar-refractivity contribution is 0.0839. The minimum absolute atomic E-state index is 0.0680. The van der Waals surface area contributed by atoms with Crippen LogP contribution in [0.3, 0.4) is 0 Å². The Labute approximate surface area is 115 Å². The first kappa shape index (κ1) is 11.3. The summed E-state index contributed by atoms with van der Waals surface area (Å²) in [6, 6.07) is 13.2. The number of ketones is 1. The van der Waals surface area contributed by atoms with Crippen LogP contribution in [0, 0.1) is 0 Å². The van der Waals surface area contributed by atoms with Gasteiger partial charge in [0.25, 0.3) is 0 Å². The van der Waals surface area contributed by atoms with Crippen LogP contribution in [0.2, 0.25) is 0 Å². The molecular weight excluding hydrogens is 256 g/mol. The van der Waals surface area contributed by atoms with Crippen LogP contribution in [-0.2, 0) is 0 Å². The summed E-state index contributed by atoms with van der Waals surface area (Å²) in [6.45, 7) is 0.166. The monoisotopic (exact) mass is 268 g/mol. The molecule has 0 saturated carbocycles. The zero-order chi connectivity index (χ0) is 13.5. The van der Waals surface area contributed by atoms with Crippen molar-refractivity contribution in [2.75, 3.05) is 6.79 Å². The standard InChI is InChI=1S/C16H12O4/c17-12-8-14(10-4-2-1-3-5-10)20-15-11(12)6-7-13-16(15)19-9-18-13/h1-7,14H,8-9H2. The van der Waals surface area contributed by atoms with Gasteiger partial charge in [-0.2, -0.15) is 0 Å². The van der Waals surface area contributed by atoms with Gasteiger partial charge in [-0.1, -0.05) is 30.3 Å².